The van der Waals surface area contributed by atoms with Gasteiger partial charge in [-0.25, -0.2) is 9.67 Å². The Balaban J connectivity index is 1.74. The number of nitrogens with zero attached hydrogens (tertiary/aromatic N) is 3. The molecule has 0 unspecified atom stereocenters. The Labute approximate surface area is 161 Å². The monoisotopic (exact) mass is 374 g/mol. The normalized spacial score (nSPS) is 10.6. The number of amides is 1. The summed E-state index contributed by atoms with van der Waals surface area (Å²) in [5, 5.41) is 7.76. The minimum atomic E-state index is -0.399. The Morgan fingerprint density at radius 3 is 2.30 bits per heavy atom. The quantitative estimate of drug-likeness (QED) is 0.556. The fraction of sp³-hybridized carbons (Fsp3) is 0. The molecule has 5 nitrogen and oxygen atoms in total. The molecule has 0 aliphatic rings. The van der Waals surface area contributed by atoms with Crippen LogP contribution in [0.25, 0.3) is 17.1 Å². The molecule has 0 saturated carbocycles. The van der Waals surface area contributed by atoms with Crippen molar-refractivity contribution in [2.24, 2.45) is 0 Å². The second-order valence-electron chi connectivity index (χ2n) is 5.84. The average Bonchev–Trinajstić information content (AvgIpc) is 3.15. The fourth-order valence-electron chi connectivity index (χ4n) is 2.68. The van der Waals surface area contributed by atoms with Gasteiger partial charge in [-0.15, -0.1) is 5.10 Å². The predicted octanol–water partition coefficient (Wildman–Crippen LogP) is 4.84. The largest absolute Gasteiger partial charge is 0.319 e. The van der Waals surface area contributed by atoms with Crippen LogP contribution in [0, 0.1) is 0 Å². The van der Waals surface area contributed by atoms with Crippen LogP contribution in [0.5, 0.6) is 0 Å². The van der Waals surface area contributed by atoms with E-state index in [0.717, 1.165) is 11.3 Å². The summed E-state index contributed by atoms with van der Waals surface area (Å²) in [6.45, 7) is 0. The summed E-state index contributed by atoms with van der Waals surface area (Å²) in [4.78, 5) is 17.1. The molecule has 0 aliphatic carbocycles. The van der Waals surface area contributed by atoms with Crippen LogP contribution >= 0.6 is 11.6 Å². The highest BCUT2D eigenvalue weighted by molar-refractivity contribution is 6.30. The van der Waals surface area contributed by atoms with Crippen molar-refractivity contribution in [2.75, 3.05) is 5.32 Å². The molecular weight excluding hydrogens is 360 g/mol. The van der Waals surface area contributed by atoms with E-state index in [2.05, 4.69) is 15.4 Å². The molecule has 1 N–H and O–H groups in total. The maximum absolute atomic E-state index is 12.7. The molecule has 0 spiro atoms. The van der Waals surface area contributed by atoms with Crippen LogP contribution in [0.15, 0.2) is 84.9 Å². The molecule has 0 radical (unpaired) electrons. The fourth-order valence-corrected chi connectivity index (χ4v) is 2.88. The lowest BCUT2D eigenvalue weighted by molar-refractivity contribution is 0.101. The first-order chi connectivity index (χ1) is 13.2. The Kier molecular flexibility index (Phi) is 4.68. The highest BCUT2D eigenvalue weighted by Gasteiger charge is 2.18. The number of hydrogen-bond donors (Lipinski definition) is 1. The number of rotatable bonds is 4. The van der Waals surface area contributed by atoms with Crippen molar-refractivity contribution >= 4 is 23.2 Å². The molecule has 132 valence electrons. The van der Waals surface area contributed by atoms with Crippen LogP contribution in [0.3, 0.4) is 0 Å². The number of para-hydroxylation sites is 1. The Morgan fingerprint density at radius 2 is 1.59 bits per heavy atom. The van der Waals surface area contributed by atoms with E-state index in [1.807, 2.05) is 60.7 Å². The van der Waals surface area contributed by atoms with Crippen molar-refractivity contribution in [1.82, 2.24) is 14.8 Å². The molecule has 0 atom stereocenters. The van der Waals surface area contributed by atoms with Gasteiger partial charge < -0.3 is 5.32 Å². The number of benzene rings is 3. The second kappa shape index (κ2) is 7.43. The first kappa shape index (κ1) is 17.0. The molecule has 0 fully saturated rings. The molecule has 0 saturated heterocycles. The average molecular weight is 375 g/mol. The third kappa shape index (κ3) is 3.73. The summed E-state index contributed by atoms with van der Waals surface area (Å²) in [5.74, 6) is 0.278. The summed E-state index contributed by atoms with van der Waals surface area (Å²) >= 11 is 5.98. The highest BCUT2D eigenvalue weighted by Crippen LogP contribution is 2.22. The molecule has 4 rings (SSSR count). The number of nitrogens with one attached hydrogen (secondary N) is 1. The van der Waals surface area contributed by atoms with E-state index in [1.54, 1.807) is 28.9 Å². The van der Waals surface area contributed by atoms with Crippen LogP contribution in [0.4, 0.5) is 5.69 Å². The lowest BCUT2D eigenvalue weighted by Crippen LogP contribution is -2.14. The van der Waals surface area contributed by atoms with Gasteiger partial charge in [0.1, 0.15) is 0 Å². The summed E-state index contributed by atoms with van der Waals surface area (Å²) in [6.07, 6.45) is 0. The van der Waals surface area contributed by atoms with Crippen molar-refractivity contribution in [3.05, 3.63) is 95.8 Å². The van der Waals surface area contributed by atoms with Gasteiger partial charge in [0, 0.05) is 16.3 Å². The van der Waals surface area contributed by atoms with Gasteiger partial charge in [0.15, 0.2) is 5.82 Å². The standard InChI is InChI=1S/C21H15ClN4O/c22-16-10-7-11-17(14-16)23-21(27)19-24-20(15-8-3-1-4-9-15)26(25-19)18-12-5-2-6-13-18/h1-14H,(H,23,27). The van der Waals surface area contributed by atoms with Crippen molar-refractivity contribution in [1.29, 1.82) is 0 Å². The molecular formula is C21H15ClN4O. The van der Waals surface area contributed by atoms with Crippen LogP contribution in [0.2, 0.25) is 5.02 Å². The number of halogens is 1. The topological polar surface area (TPSA) is 59.8 Å². The number of carbonyl (C=O) groups is 1. The number of carbonyl (C=O) groups excluding carboxylic acids is 1. The minimum absolute atomic E-state index is 0.0812. The van der Waals surface area contributed by atoms with E-state index in [-0.39, 0.29) is 5.82 Å². The van der Waals surface area contributed by atoms with Crippen molar-refractivity contribution in [2.45, 2.75) is 0 Å². The van der Waals surface area contributed by atoms with Crippen LogP contribution in [-0.4, -0.2) is 20.7 Å². The zero-order valence-electron chi connectivity index (χ0n) is 14.2. The maximum Gasteiger partial charge on any atom is 0.295 e. The van der Waals surface area contributed by atoms with Gasteiger partial charge >= 0.3 is 0 Å². The zero-order chi connectivity index (χ0) is 18.6. The molecule has 3 aromatic carbocycles. The number of anilines is 1. The maximum atomic E-state index is 12.7. The van der Waals surface area contributed by atoms with E-state index in [4.69, 9.17) is 11.6 Å². The molecule has 1 heterocycles. The van der Waals surface area contributed by atoms with Gasteiger partial charge in [0.25, 0.3) is 5.91 Å². The van der Waals surface area contributed by atoms with E-state index < -0.39 is 5.91 Å². The van der Waals surface area contributed by atoms with Crippen LogP contribution < -0.4 is 5.32 Å². The minimum Gasteiger partial charge on any atom is -0.319 e. The lowest BCUT2D eigenvalue weighted by Gasteiger charge is -2.05. The third-order valence-electron chi connectivity index (χ3n) is 3.93. The van der Waals surface area contributed by atoms with Gasteiger partial charge in [0.2, 0.25) is 5.82 Å². The van der Waals surface area contributed by atoms with Gasteiger partial charge in [-0.05, 0) is 30.3 Å². The van der Waals surface area contributed by atoms with E-state index >= 15 is 0 Å². The van der Waals surface area contributed by atoms with Crippen LogP contribution in [-0.2, 0) is 0 Å². The van der Waals surface area contributed by atoms with Gasteiger partial charge in [-0.3, -0.25) is 4.79 Å². The molecule has 0 bridgehead atoms. The smallest absolute Gasteiger partial charge is 0.295 e. The third-order valence-corrected chi connectivity index (χ3v) is 4.16. The summed E-state index contributed by atoms with van der Waals surface area (Å²) in [5.41, 5.74) is 2.28. The number of aromatic nitrogens is 3. The Hall–Kier alpha value is -3.44. The molecule has 1 aromatic heterocycles. The van der Waals surface area contributed by atoms with E-state index in [1.165, 1.54) is 0 Å². The summed E-state index contributed by atoms with van der Waals surface area (Å²) in [6, 6.07) is 26.2. The lowest BCUT2D eigenvalue weighted by atomic mass is 10.2. The van der Waals surface area contributed by atoms with E-state index in [0.29, 0.717) is 16.5 Å². The SMILES string of the molecule is O=C(Nc1cccc(Cl)c1)c1nc(-c2ccccc2)n(-c2ccccc2)n1. The molecule has 1 amide bonds. The van der Waals surface area contributed by atoms with Gasteiger partial charge in [-0.2, -0.15) is 0 Å². The van der Waals surface area contributed by atoms with Gasteiger partial charge in [-0.1, -0.05) is 66.2 Å². The summed E-state index contributed by atoms with van der Waals surface area (Å²) < 4.78 is 1.67. The van der Waals surface area contributed by atoms with E-state index in [9.17, 15) is 4.79 Å². The van der Waals surface area contributed by atoms with Gasteiger partial charge in [0.05, 0.1) is 5.69 Å². The molecule has 6 heteroatoms. The number of hydrogen-bond acceptors (Lipinski definition) is 3. The van der Waals surface area contributed by atoms with Crippen molar-refractivity contribution in [3.63, 3.8) is 0 Å². The molecule has 27 heavy (non-hydrogen) atoms. The summed E-state index contributed by atoms with van der Waals surface area (Å²) in [7, 11) is 0. The first-order valence-electron chi connectivity index (χ1n) is 8.35. The van der Waals surface area contributed by atoms with Crippen molar-refractivity contribution in [3.8, 4) is 17.1 Å². The molecule has 4 aromatic rings. The second-order valence-corrected chi connectivity index (χ2v) is 6.27. The van der Waals surface area contributed by atoms with Crippen LogP contribution in [0.1, 0.15) is 10.6 Å². The Morgan fingerprint density at radius 1 is 0.889 bits per heavy atom. The predicted molar refractivity (Wildman–Crippen MR) is 106 cm³/mol. The van der Waals surface area contributed by atoms with Crippen molar-refractivity contribution < 1.29 is 4.79 Å². The molecule has 0 aliphatic heterocycles. The first-order valence-corrected chi connectivity index (χ1v) is 8.73. The zero-order valence-corrected chi connectivity index (χ0v) is 15.0. The Bertz CT molecular complexity index is 1020. The highest BCUT2D eigenvalue weighted by atomic mass is 35.5.